The molecule has 0 aromatic heterocycles. The summed E-state index contributed by atoms with van der Waals surface area (Å²) < 4.78 is 4.94. The fraction of sp³-hybridized carbons (Fsp3) is 0.158. The maximum Gasteiger partial charge on any atom is 0.331 e. The summed E-state index contributed by atoms with van der Waals surface area (Å²) in [6, 6.07) is 15.4. The van der Waals surface area contributed by atoms with E-state index in [1.165, 1.54) is 17.8 Å². The van der Waals surface area contributed by atoms with E-state index in [2.05, 4.69) is 5.32 Å². The number of aryl methyl sites for hydroxylation is 2. The molecule has 0 spiro atoms. The number of rotatable bonds is 6. The number of amides is 1. The molecule has 0 aliphatic heterocycles. The van der Waals surface area contributed by atoms with E-state index >= 15 is 0 Å². The van der Waals surface area contributed by atoms with E-state index in [1.807, 2.05) is 62.4 Å². The number of benzene rings is 2. The van der Waals surface area contributed by atoms with Gasteiger partial charge in [0.2, 0.25) is 0 Å². The number of anilines is 1. The number of hydrogen-bond acceptors (Lipinski definition) is 4. The Labute approximate surface area is 145 Å². The lowest BCUT2D eigenvalue weighted by Gasteiger charge is -2.11. The molecular weight excluding hydrogens is 322 g/mol. The van der Waals surface area contributed by atoms with E-state index in [9.17, 15) is 9.59 Å². The molecule has 1 N–H and O–H groups in total. The van der Waals surface area contributed by atoms with Crippen molar-refractivity contribution >= 4 is 29.3 Å². The molecule has 0 fully saturated rings. The second kappa shape index (κ2) is 8.93. The highest BCUT2D eigenvalue weighted by Gasteiger charge is 2.09. The number of hydrogen-bond donors (Lipinski definition) is 1. The van der Waals surface area contributed by atoms with Crippen molar-refractivity contribution in [3.63, 3.8) is 0 Å². The average molecular weight is 341 g/mol. The van der Waals surface area contributed by atoms with E-state index in [1.54, 1.807) is 5.41 Å². The zero-order valence-electron chi connectivity index (χ0n) is 13.6. The predicted octanol–water partition coefficient (Wildman–Crippen LogP) is 4.09. The van der Waals surface area contributed by atoms with Gasteiger partial charge in [-0.05, 0) is 42.5 Å². The van der Waals surface area contributed by atoms with Crippen LogP contribution in [0.25, 0.3) is 0 Å². The Balaban J connectivity index is 1.78. The summed E-state index contributed by atoms with van der Waals surface area (Å²) in [6.45, 7) is 3.52. The Hall–Kier alpha value is -2.53. The van der Waals surface area contributed by atoms with E-state index in [-0.39, 0.29) is 12.5 Å². The first-order valence-electron chi connectivity index (χ1n) is 7.47. The van der Waals surface area contributed by atoms with Gasteiger partial charge in [-0.15, -0.1) is 0 Å². The average Bonchev–Trinajstić information content (AvgIpc) is 2.57. The highest BCUT2D eigenvalue weighted by Crippen LogP contribution is 2.19. The third-order valence-electron chi connectivity index (χ3n) is 3.24. The molecule has 0 bridgehead atoms. The maximum absolute atomic E-state index is 11.9. The Bertz CT molecular complexity index is 721. The SMILES string of the molecule is Cc1cccc(C)c1NC(=O)COC(=O)/C=C/Sc1ccccc1. The fourth-order valence-electron chi connectivity index (χ4n) is 2.04. The van der Waals surface area contributed by atoms with Crippen molar-refractivity contribution < 1.29 is 14.3 Å². The molecule has 0 saturated heterocycles. The first-order chi connectivity index (χ1) is 11.6. The first-order valence-corrected chi connectivity index (χ1v) is 8.35. The first kappa shape index (κ1) is 17.8. The second-order valence-electron chi connectivity index (χ2n) is 5.16. The van der Waals surface area contributed by atoms with Gasteiger partial charge in [-0.3, -0.25) is 4.79 Å². The lowest BCUT2D eigenvalue weighted by molar-refractivity contribution is -0.142. The molecule has 1 amide bonds. The number of carbonyl (C=O) groups is 2. The van der Waals surface area contributed by atoms with Crippen LogP contribution in [0.2, 0.25) is 0 Å². The Kier molecular flexibility index (Phi) is 6.63. The van der Waals surface area contributed by atoms with Gasteiger partial charge in [-0.1, -0.05) is 48.2 Å². The third-order valence-corrected chi connectivity index (χ3v) is 4.06. The molecule has 0 aliphatic rings. The summed E-state index contributed by atoms with van der Waals surface area (Å²) in [5.74, 6) is -0.903. The second-order valence-corrected chi connectivity index (χ2v) is 6.14. The van der Waals surface area contributed by atoms with Crippen LogP contribution in [0.3, 0.4) is 0 Å². The topological polar surface area (TPSA) is 55.4 Å². The zero-order chi connectivity index (χ0) is 17.4. The molecule has 0 atom stereocenters. The van der Waals surface area contributed by atoms with Crippen molar-refractivity contribution in [2.45, 2.75) is 18.7 Å². The van der Waals surface area contributed by atoms with Crippen LogP contribution in [0.1, 0.15) is 11.1 Å². The van der Waals surface area contributed by atoms with Gasteiger partial charge in [-0.25, -0.2) is 4.79 Å². The number of carbonyl (C=O) groups excluding carboxylic acids is 2. The van der Waals surface area contributed by atoms with Gasteiger partial charge in [0.05, 0.1) is 0 Å². The fourth-order valence-corrected chi connectivity index (χ4v) is 2.69. The molecule has 0 unspecified atom stereocenters. The van der Waals surface area contributed by atoms with Gasteiger partial charge in [0, 0.05) is 16.7 Å². The number of thioether (sulfide) groups is 1. The quantitative estimate of drug-likeness (QED) is 0.488. The molecule has 0 radical (unpaired) electrons. The highest BCUT2D eigenvalue weighted by molar-refractivity contribution is 8.02. The molecule has 5 heteroatoms. The standard InChI is InChI=1S/C19H19NO3S/c1-14-7-6-8-15(2)19(14)20-17(21)13-23-18(22)11-12-24-16-9-4-3-5-10-16/h3-12H,13H2,1-2H3,(H,20,21)/b12-11+. The number of para-hydroxylation sites is 1. The van der Waals surface area contributed by atoms with Crippen molar-refractivity contribution in [2.75, 3.05) is 11.9 Å². The highest BCUT2D eigenvalue weighted by atomic mass is 32.2. The molecule has 2 aromatic rings. The minimum Gasteiger partial charge on any atom is -0.452 e. The Morgan fingerprint density at radius 3 is 2.38 bits per heavy atom. The molecule has 2 rings (SSSR count). The van der Waals surface area contributed by atoms with Gasteiger partial charge in [-0.2, -0.15) is 0 Å². The van der Waals surface area contributed by atoms with Crippen LogP contribution in [0.4, 0.5) is 5.69 Å². The van der Waals surface area contributed by atoms with E-state index in [0.717, 1.165) is 21.7 Å². The van der Waals surface area contributed by atoms with E-state index < -0.39 is 5.97 Å². The normalized spacial score (nSPS) is 10.6. The van der Waals surface area contributed by atoms with Crippen LogP contribution < -0.4 is 5.32 Å². The summed E-state index contributed by atoms with van der Waals surface area (Å²) in [5.41, 5.74) is 2.69. The maximum atomic E-state index is 11.9. The lowest BCUT2D eigenvalue weighted by atomic mass is 10.1. The van der Waals surface area contributed by atoms with E-state index in [4.69, 9.17) is 4.74 Å². The predicted molar refractivity (Wildman–Crippen MR) is 96.9 cm³/mol. The summed E-state index contributed by atoms with van der Waals surface area (Å²) in [5, 5.41) is 4.41. The van der Waals surface area contributed by atoms with E-state index in [0.29, 0.717) is 0 Å². The van der Waals surface area contributed by atoms with Crippen molar-refractivity contribution in [1.29, 1.82) is 0 Å². The molecule has 0 saturated carbocycles. The summed E-state index contributed by atoms with van der Waals surface area (Å²) in [7, 11) is 0. The monoisotopic (exact) mass is 341 g/mol. The summed E-state index contributed by atoms with van der Waals surface area (Å²) in [6.07, 6.45) is 1.31. The molecule has 24 heavy (non-hydrogen) atoms. The zero-order valence-corrected chi connectivity index (χ0v) is 14.4. The largest absolute Gasteiger partial charge is 0.452 e. The molecule has 4 nitrogen and oxygen atoms in total. The molecule has 2 aromatic carbocycles. The van der Waals surface area contributed by atoms with Gasteiger partial charge >= 0.3 is 5.97 Å². The van der Waals surface area contributed by atoms with Crippen LogP contribution in [0, 0.1) is 13.8 Å². The van der Waals surface area contributed by atoms with Crippen LogP contribution in [0.5, 0.6) is 0 Å². The molecule has 0 heterocycles. The number of nitrogens with one attached hydrogen (secondary N) is 1. The van der Waals surface area contributed by atoms with Crippen molar-refractivity contribution in [3.05, 3.63) is 71.1 Å². The Morgan fingerprint density at radius 2 is 1.71 bits per heavy atom. The van der Waals surface area contributed by atoms with Gasteiger partial charge in [0.15, 0.2) is 6.61 Å². The third kappa shape index (κ3) is 5.59. The van der Waals surface area contributed by atoms with Crippen LogP contribution in [-0.2, 0) is 14.3 Å². The van der Waals surface area contributed by atoms with Gasteiger partial charge < -0.3 is 10.1 Å². The van der Waals surface area contributed by atoms with Crippen molar-refractivity contribution in [2.24, 2.45) is 0 Å². The van der Waals surface area contributed by atoms with Gasteiger partial charge in [0.25, 0.3) is 5.91 Å². The van der Waals surface area contributed by atoms with Crippen LogP contribution in [0.15, 0.2) is 64.9 Å². The van der Waals surface area contributed by atoms with Crippen molar-refractivity contribution in [3.8, 4) is 0 Å². The lowest BCUT2D eigenvalue weighted by Crippen LogP contribution is -2.21. The number of ether oxygens (including phenoxy) is 1. The minimum atomic E-state index is -0.546. The molecule has 124 valence electrons. The minimum absolute atomic E-state index is 0.313. The van der Waals surface area contributed by atoms with Crippen molar-refractivity contribution in [1.82, 2.24) is 0 Å². The summed E-state index contributed by atoms with van der Waals surface area (Å²) in [4.78, 5) is 24.5. The Morgan fingerprint density at radius 1 is 1.04 bits per heavy atom. The number of esters is 1. The van der Waals surface area contributed by atoms with Gasteiger partial charge in [0.1, 0.15) is 0 Å². The van der Waals surface area contributed by atoms with Crippen LogP contribution >= 0.6 is 11.8 Å². The molecular formula is C19H19NO3S. The van der Waals surface area contributed by atoms with Crippen LogP contribution in [-0.4, -0.2) is 18.5 Å². The smallest absolute Gasteiger partial charge is 0.331 e. The summed E-state index contributed by atoms with van der Waals surface area (Å²) >= 11 is 1.41. The molecule has 0 aliphatic carbocycles.